The van der Waals surface area contributed by atoms with Crippen LogP contribution in [-0.4, -0.2) is 87.9 Å². The van der Waals surface area contributed by atoms with Crippen molar-refractivity contribution in [1.82, 2.24) is 9.78 Å². The van der Waals surface area contributed by atoms with Gasteiger partial charge in [0.1, 0.15) is 42.3 Å². The number of carboxylic acids is 1. The van der Waals surface area contributed by atoms with E-state index in [4.69, 9.17) is 0 Å². The number of phenols is 2. The monoisotopic (exact) mass is 963 g/mol. The van der Waals surface area contributed by atoms with Crippen molar-refractivity contribution in [2.45, 2.75) is 19.6 Å². The molecular formula is C32H21N9O19S4. The summed E-state index contributed by atoms with van der Waals surface area (Å²) in [6.45, 7) is 0. The summed E-state index contributed by atoms with van der Waals surface area (Å²) in [4.78, 5) is 29.8. The van der Waals surface area contributed by atoms with E-state index in [0.717, 1.165) is 16.8 Å². The van der Waals surface area contributed by atoms with Crippen LogP contribution in [0.4, 0.5) is 39.8 Å². The molecule has 5 aromatic carbocycles. The lowest BCUT2D eigenvalue weighted by molar-refractivity contribution is -0.385. The molecule has 6 aromatic rings. The molecule has 0 spiro atoms. The maximum atomic E-state index is 13.0. The average Bonchev–Trinajstić information content (AvgIpc) is 3.53. The van der Waals surface area contributed by atoms with Gasteiger partial charge in [-0.15, -0.1) is 25.6 Å². The number of hydrogen-bond donors (Lipinski definition) is 8. The van der Waals surface area contributed by atoms with Crippen molar-refractivity contribution < 1.29 is 76.9 Å². The van der Waals surface area contributed by atoms with E-state index >= 15 is 0 Å². The second-order valence-electron chi connectivity index (χ2n) is 12.4. The molecule has 1 aromatic heterocycles. The van der Waals surface area contributed by atoms with E-state index in [1.165, 1.54) is 12.1 Å². The summed E-state index contributed by atoms with van der Waals surface area (Å²) in [5.74, 6) is -4.61. The van der Waals surface area contributed by atoms with Crippen molar-refractivity contribution in [2.24, 2.45) is 30.7 Å². The highest BCUT2D eigenvalue weighted by Crippen LogP contribution is 2.50. The van der Waals surface area contributed by atoms with Crippen molar-refractivity contribution in [2.75, 3.05) is 0 Å². The Balaban J connectivity index is 1.50. The van der Waals surface area contributed by atoms with Gasteiger partial charge in [-0.05, 0) is 53.9 Å². The molecule has 1 heterocycles. The number of carbonyl (C=O) groups is 1. The Kier molecular flexibility index (Phi) is 11.8. The molecule has 0 unspecified atom stereocenters. The van der Waals surface area contributed by atoms with Crippen molar-refractivity contribution in [1.29, 1.82) is 0 Å². The predicted octanol–water partition coefficient (Wildman–Crippen LogP) is 5.57. The van der Waals surface area contributed by atoms with Crippen LogP contribution in [0.1, 0.15) is 10.5 Å². The Morgan fingerprint density at radius 3 is 1.55 bits per heavy atom. The Morgan fingerprint density at radius 1 is 0.609 bits per heavy atom. The fourth-order valence-electron chi connectivity index (χ4n) is 5.55. The average molecular weight is 964 g/mol. The number of H-pyrrole nitrogens is 1. The molecule has 332 valence electrons. The van der Waals surface area contributed by atoms with E-state index < -0.39 is 144 Å². The first-order chi connectivity index (χ1) is 29.7. The van der Waals surface area contributed by atoms with Crippen molar-refractivity contribution >= 4 is 97.0 Å². The molecule has 28 nitrogen and oxygen atoms in total. The van der Waals surface area contributed by atoms with E-state index in [1.807, 2.05) is 0 Å². The lowest BCUT2D eigenvalue weighted by atomic mass is 10.1. The molecule has 0 aliphatic rings. The molecule has 32 heteroatoms. The van der Waals surface area contributed by atoms with Crippen LogP contribution in [0.15, 0.2) is 134 Å². The third kappa shape index (κ3) is 9.22. The molecule has 0 atom stereocenters. The number of nitro groups is 1. The zero-order chi connectivity index (χ0) is 47.3. The standard InChI is InChI=1S/C32H21N9O19S4/c42-29-24-14(11-23(64(58,59)60)26(30(24)43)37-35-19-9-7-17(41(47)48)13-21(19)62(52,53)54)10-22(63(55,56)57)25(29)36-34-18-8-6-15(12-20(18)61(49,50)51)33-38-27-28(32(45)46)39-40(31(27)44)16-4-2-1-3-5-16/h1-13,39,42-43H,(H,45,46)(H,49,50,51)(H,52,53,54)(H,55,56,57)(H,58,59,60). The number of nitrogens with zero attached hydrogens (tertiary/aromatic N) is 8. The van der Waals surface area contributed by atoms with Gasteiger partial charge >= 0.3 is 5.97 Å². The maximum absolute atomic E-state index is 13.0. The van der Waals surface area contributed by atoms with Crippen molar-refractivity contribution in [3.63, 3.8) is 0 Å². The van der Waals surface area contributed by atoms with Gasteiger partial charge < -0.3 is 15.3 Å². The number of rotatable bonds is 13. The number of nitrogens with one attached hydrogen (secondary N) is 1. The van der Waals surface area contributed by atoms with Crippen LogP contribution in [0.25, 0.3) is 16.5 Å². The van der Waals surface area contributed by atoms with E-state index in [9.17, 15) is 86.9 Å². The number of para-hydroxylation sites is 1. The summed E-state index contributed by atoms with van der Waals surface area (Å²) in [5.41, 5.74) is -8.01. The Morgan fingerprint density at radius 2 is 1.08 bits per heavy atom. The molecule has 0 fully saturated rings. The van der Waals surface area contributed by atoms with Crippen LogP contribution in [0, 0.1) is 10.1 Å². The first-order valence-electron chi connectivity index (χ1n) is 16.5. The number of fused-ring (bicyclic) bond motifs is 1. The summed E-state index contributed by atoms with van der Waals surface area (Å²) < 4.78 is 139. The van der Waals surface area contributed by atoms with Crippen LogP contribution in [0.3, 0.4) is 0 Å². The molecule has 0 aliphatic carbocycles. The van der Waals surface area contributed by atoms with E-state index in [0.29, 0.717) is 36.4 Å². The third-order valence-corrected chi connectivity index (χ3v) is 11.8. The summed E-state index contributed by atoms with van der Waals surface area (Å²) in [7, 11) is -21.7. The van der Waals surface area contributed by atoms with E-state index in [-0.39, 0.29) is 5.69 Å². The fraction of sp³-hybridized carbons (Fsp3) is 0. The second-order valence-corrected chi connectivity index (χ2v) is 18.0. The summed E-state index contributed by atoms with van der Waals surface area (Å²) >= 11 is 0. The molecule has 0 aliphatic heterocycles. The number of azo groups is 3. The Labute approximate surface area is 355 Å². The minimum atomic E-state index is -5.55. The maximum Gasteiger partial charge on any atom is 0.356 e. The number of aromatic hydroxyl groups is 2. The number of phenolic OH excluding ortho intramolecular Hbond substituents is 2. The minimum Gasteiger partial charge on any atom is -0.505 e. The number of aromatic amines is 1. The molecule has 8 N–H and O–H groups in total. The van der Waals surface area contributed by atoms with Gasteiger partial charge in [0, 0.05) is 12.1 Å². The molecule has 6 rings (SSSR count). The highest BCUT2D eigenvalue weighted by Gasteiger charge is 2.30. The van der Waals surface area contributed by atoms with Crippen molar-refractivity contribution in [3.05, 3.63) is 105 Å². The lowest BCUT2D eigenvalue weighted by Crippen LogP contribution is -2.13. The van der Waals surface area contributed by atoms with Gasteiger partial charge in [-0.1, -0.05) is 18.2 Å². The zero-order valence-electron chi connectivity index (χ0n) is 30.7. The molecule has 0 saturated heterocycles. The highest BCUT2D eigenvalue weighted by molar-refractivity contribution is 7.86. The Bertz CT molecular complexity index is 3610. The minimum absolute atomic E-state index is 0.204. The molecule has 0 amide bonds. The highest BCUT2D eigenvalue weighted by atomic mass is 32.2. The smallest absolute Gasteiger partial charge is 0.356 e. The van der Waals surface area contributed by atoms with E-state index in [2.05, 4.69) is 35.8 Å². The number of aromatic carboxylic acids is 1. The van der Waals surface area contributed by atoms with Crippen LogP contribution >= 0.6 is 0 Å². The molecular weight excluding hydrogens is 943 g/mol. The van der Waals surface area contributed by atoms with E-state index in [1.54, 1.807) is 18.2 Å². The summed E-state index contributed by atoms with van der Waals surface area (Å²) in [6, 6.07) is 12.3. The number of carboxylic acid groups (broad SMARTS) is 1. The normalized spacial score (nSPS) is 12.8. The number of aromatic nitrogens is 2. The Hall–Kier alpha value is -7.72. The largest absolute Gasteiger partial charge is 0.505 e. The SMILES string of the molecule is O=C(O)c1[nH]n(-c2ccccc2)c(=O)c1N=Nc1ccc(N=Nc2c(S(=O)(=O)O)cc3cc(S(=O)(=O)O)c(N=Nc4ccc([N+](=O)[O-])cc4S(=O)(=O)O)c(O)c3c2O)c(S(=O)(=O)O)c1. The van der Waals surface area contributed by atoms with Crippen LogP contribution < -0.4 is 5.56 Å². The number of hydrogen-bond acceptors (Lipinski definition) is 20. The second kappa shape index (κ2) is 16.5. The quantitative estimate of drug-likeness (QED) is 0.0303. The molecule has 0 saturated carbocycles. The molecule has 64 heavy (non-hydrogen) atoms. The van der Waals surface area contributed by atoms with Gasteiger partial charge in [0.15, 0.2) is 22.9 Å². The fourth-order valence-corrected chi connectivity index (χ4v) is 8.15. The van der Waals surface area contributed by atoms with Gasteiger partial charge in [-0.25, -0.2) is 9.48 Å². The number of nitro benzene ring substituents is 1. The van der Waals surface area contributed by atoms with Crippen LogP contribution in [0.5, 0.6) is 11.5 Å². The topological polar surface area (TPSA) is 450 Å². The summed E-state index contributed by atoms with van der Waals surface area (Å²) in [6.07, 6.45) is 0. The number of non-ortho nitro benzene ring substituents is 1. The zero-order valence-corrected chi connectivity index (χ0v) is 34.0. The summed E-state index contributed by atoms with van der Waals surface area (Å²) in [5, 5.41) is 64.9. The first-order valence-corrected chi connectivity index (χ1v) is 22.2. The third-order valence-electron chi connectivity index (χ3n) is 8.34. The van der Waals surface area contributed by atoms with Gasteiger partial charge in [-0.3, -0.25) is 38.2 Å². The molecule has 0 bridgehead atoms. The van der Waals surface area contributed by atoms with Crippen LogP contribution in [0.2, 0.25) is 0 Å². The predicted molar refractivity (Wildman–Crippen MR) is 212 cm³/mol. The van der Waals surface area contributed by atoms with Gasteiger partial charge in [-0.2, -0.15) is 38.8 Å². The van der Waals surface area contributed by atoms with Gasteiger partial charge in [0.2, 0.25) is 0 Å². The van der Waals surface area contributed by atoms with Gasteiger partial charge in [0.25, 0.3) is 51.7 Å². The van der Waals surface area contributed by atoms with Crippen LogP contribution in [-0.2, 0) is 40.5 Å². The lowest BCUT2D eigenvalue weighted by Gasteiger charge is -2.13. The molecule has 0 radical (unpaired) electrons. The van der Waals surface area contributed by atoms with Gasteiger partial charge in [0.05, 0.1) is 21.7 Å². The first kappa shape index (κ1) is 45.8. The van der Waals surface area contributed by atoms with Crippen molar-refractivity contribution in [3.8, 4) is 17.2 Å². The number of benzene rings is 5.